The van der Waals surface area contributed by atoms with Crippen LogP contribution in [0.15, 0.2) is 61.2 Å². The average molecular weight is 340 g/mol. The molecular formula is C18H20N4OS. The molecule has 0 fully saturated rings. The van der Waals surface area contributed by atoms with Crippen molar-refractivity contribution < 1.29 is 4.79 Å². The number of hydrogen-bond donors (Lipinski definition) is 4. The van der Waals surface area contributed by atoms with Crippen molar-refractivity contribution in [3.05, 3.63) is 72.3 Å². The van der Waals surface area contributed by atoms with E-state index in [1.54, 1.807) is 0 Å². The van der Waals surface area contributed by atoms with Crippen molar-refractivity contribution in [1.82, 2.24) is 16.2 Å². The minimum Gasteiger partial charge on any atom is -0.357 e. The van der Waals surface area contributed by atoms with Gasteiger partial charge in [0.15, 0.2) is 5.11 Å². The van der Waals surface area contributed by atoms with Gasteiger partial charge in [-0.15, -0.1) is 0 Å². The van der Waals surface area contributed by atoms with Crippen LogP contribution in [0.4, 0.5) is 5.69 Å². The van der Waals surface area contributed by atoms with Crippen molar-refractivity contribution in [1.29, 1.82) is 0 Å². The van der Waals surface area contributed by atoms with E-state index in [0.29, 0.717) is 23.0 Å². The Morgan fingerprint density at radius 3 is 2.54 bits per heavy atom. The fraction of sp³-hybridized carbons (Fsp3) is 0.111. The van der Waals surface area contributed by atoms with Crippen LogP contribution in [0, 0.1) is 0 Å². The van der Waals surface area contributed by atoms with Crippen molar-refractivity contribution in [2.24, 2.45) is 0 Å². The minimum absolute atomic E-state index is 0.116. The van der Waals surface area contributed by atoms with Gasteiger partial charge in [-0.3, -0.25) is 15.6 Å². The molecule has 0 atom stereocenters. The zero-order chi connectivity index (χ0) is 17.4. The molecule has 0 aliphatic rings. The summed E-state index contributed by atoms with van der Waals surface area (Å²) in [6.45, 7) is 6.07. The van der Waals surface area contributed by atoms with Gasteiger partial charge in [-0.05, 0) is 29.9 Å². The molecule has 124 valence electrons. The van der Waals surface area contributed by atoms with Gasteiger partial charge in [-0.2, -0.15) is 0 Å². The van der Waals surface area contributed by atoms with Crippen LogP contribution in [-0.4, -0.2) is 11.0 Å². The minimum atomic E-state index is -0.116. The Bertz CT molecular complexity index is 731. The Kier molecular flexibility index (Phi) is 6.33. The first-order chi connectivity index (χ1) is 11.5. The molecule has 2 aromatic carbocycles. The van der Waals surface area contributed by atoms with E-state index in [4.69, 9.17) is 12.2 Å². The van der Waals surface area contributed by atoms with Gasteiger partial charge in [-0.25, -0.2) is 0 Å². The fourth-order valence-corrected chi connectivity index (χ4v) is 2.14. The zero-order valence-corrected chi connectivity index (χ0v) is 14.2. The molecule has 0 radical (unpaired) electrons. The van der Waals surface area contributed by atoms with Crippen molar-refractivity contribution in [3.63, 3.8) is 0 Å². The molecular weight excluding hydrogens is 320 g/mol. The topological polar surface area (TPSA) is 65.2 Å². The lowest BCUT2D eigenvalue weighted by Gasteiger charge is -2.15. The van der Waals surface area contributed by atoms with Crippen molar-refractivity contribution in [3.8, 4) is 0 Å². The van der Waals surface area contributed by atoms with Gasteiger partial charge in [0.05, 0.1) is 5.70 Å². The molecule has 0 aromatic heterocycles. The summed E-state index contributed by atoms with van der Waals surface area (Å²) in [7, 11) is 0. The van der Waals surface area contributed by atoms with Gasteiger partial charge < -0.3 is 10.6 Å². The number of thiocarbonyl (C=S) groups is 1. The van der Waals surface area contributed by atoms with Gasteiger partial charge in [0.25, 0.3) is 0 Å². The Morgan fingerprint density at radius 1 is 1.08 bits per heavy atom. The van der Waals surface area contributed by atoms with Crippen molar-refractivity contribution >= 4 is 34.6 Å². The number of benzene rings is 2. The first-order valence-electron chi connectivity index (χ1n) is 7.45. The third-order valence-corrected chi connectivity index (χ3v) is 3.40. The van der Waals surface area contributed by atoms with E-state index in [9.17, 15) is 4.79 Å². The van der Waals surface area contributed by atoms with Gasteiger partial charge in [0.1, 0.15) is 0 Å². The summed E-state index contributed by atoms with van der Waals surface area (Å²) in [5.41, 5.74) is 9.20. The predicted octanol–water partition coefficient (Wildman–Crippen LogP) is 2.78. The predicted molar refractivity (Wildman–Crippen MR) is 102 cm³/mol. The van der Waals surface area contributed by atoms with Crippen LogP contribution in [0.25, 0.3) is 5.70 Å². The van der Waals surface area contributed by atoms with E-state index in [0.717, 1.165) is 11.1 Å². The highest BCUT2D eigenvalue weighted by atomic mass is 32.1. The number of rotatable bonds is 6. The molecule has 24 heavy (non-hydrogen) atoms. The second kappa shape index (κ2) is 8.69. The highest BCUT2D eigenvalue weighted by Crippen LogP contribution is 2.15. The molecule has 0 heterocycles. The molecule has 0 saturated carbocycles. The van der Waals surface area contributed by atoms with E-state index < -0.39 is 0 Å². The highest BCUT2D eigenvalue weighted by molar-refractivity contribution is 7.80. The Balaban J connectivity index is 1.82. The van der Waals surface area contributed by atoms with Crippen LogP contribution in [-0.2, 0) is 11.3 Å². The van der Waals surface area contributed by atoms with Crippen molar-refractivity contribution in [2.45, 2.75) is 13.5 Å². The second-order valence-corrected chi connectivity index (χ2v) is 5.57. The summed E-state index contributed by atoms with van der Waals surface area (Å²) < 4.78 is 0. The maximum absolute atomic E-state index is 11.1. The molecule has 2 rings (SSSR count). The molecule has 4 N–H and O–H groups in total. The summed E-state index contributed by atoms with van der Waals surface area (Å²) in [6, 6.07) is 17.4. The summed E-state index contributed by atoms with van der Waals surface area (Å²) in [5.74, 6) is -0.116. The van der Waals surface area contributed by atoms with E-state index in [1.165, 1.54) is 6.92 Å². The number of amides is 1. The summed E-state index contributed by atoms with van der Waals surface area (Å²) in [5, 5.41) is 6.31. The number of hydrogen-bond acceptors (Lipinski definition) is 3. The summed E-state index contributed by atoms with van der Waals surface area (Å²) >= 11 is 5.22. The van der Waals surface area contributed by atoms with Crippen LogP contribution in [0.2, 0.25) is 0 Å². The molecule has 0 aliphatic carbocycles. The summed E-state index contributed by atoms with van der Waals surface area (Å²) in [6.07, 6.45) is 0. The van der Waals surface area contributed by atoms with Gasteiger partial charge >= 0.3 is 0 Å². The second-order valence-electron chi connectivity index (χ2n) is 5.16. The highest BCUT2D eigenvalue weighted by Gasteiger charge is 2.02. The number of carbonyl (C=O) groups excluding carboxylic acids is 1. The third kappa shape index (κ3) is 5.73. The lowest BCUT2D eigenvalue weighted by molar-refractivity contribution is -0.114. The molecule has 5 nitrogen and oxygen atoms in total. The molecule has 0 saturated heterocycles. The lowest BCUT2D eigenvalue weighted by Crippen LogP contribution is -2.42. The van der Waals surface area contributed by atoms with E-state index in [-0.39, 0.29) is 5.91 Å². The maximum atomic E-state index is 11.1. The van der Waals surface area contributed by atoms with Crippen LogP contribution >= 0.6 is 12.2 Å². The maximum Gasteiger partial charge on any atom is 0.221 e. The average Bonchev–Trinajstić information content (AvgIpc) is 2.58. The van der Waals surface area contributed by atoms with Crippen LogP contribution < -0.4 is 21.5 Å². The summed E-state index contributed by atoms with van der Waals surface area (Å²) in [4.78, 5) is 11.1. The van der Waals surface area contributed by atoms with Gasteiger partial charge in [0.2, 0.25) is 5.91 Å². The largest absolute Gasteiger partial charge is 0.357 e. The fourth-order valence-electron chi connectivity index (χ4n) is 2.01. The quantitative estimate of drug-likeness (QED) is 0.481. The van der Waals surface area contributed by atoms with E-state index >= 15 is 0 Å². The van der Waals surface area contributed by atoms with E-state index in [1.807, 2.05) is 54.6 Å². The smallest absolute Gasteiger partial charge is 0.221 e. The van der Waals surface area contributed by atoms with E-state index in [2.05, 4.69) is 28.1 Å². The zero-order valence-electron chi connectivity index (χ0n) is 13.4. The SMILES string of the molecule is C=C(NNC(=S)NCc1ccccc1)c1cccc(NC(C)=O)c1. The molecule has 0 spiro atoms. The first kappa shape index (κ1) is 17.5. The Hall–Kier alpha value is -2.86. The molecule has 0 bridgehead atoms. The number of anilines is 1. The molecule has 6 heteroatoms. The van der Waals surface area contributed by atoms with Gasteiger partial charge in [0, 0.05) is 24.7 Å². The van der Waals surface area contributed by atoms with Crippen molar-refractivity contribution in [2.75, 3.05) is 5.32 Å². The normalized spacial score (nSPS) is 9.71. The number of nitrogens with one attached hydrogen (secondary N) is 4. The monoisotopic (exact) mass is 340 g/mol. The van der Waals surface area contributed by atoms with Crippen LogP contribution in [0.5, 0.6) is 0 Å². The molecule has 0 aliphatic heterocycles. The van der Waals surface area contributed by atoms with Crippen LogP contribution in [0.3, 0.4) is 0 Å². The van der Waals surface area contributed by atoms with Gasteiger partial charge in [-0.1, -0.05) is 49.0 Å². The molecule has 1 amide bonds. The first-order valence-corrected chi connectivity index (χ1v) is 7.86. The van der Waals surface area contributed by atoms with Crippen LogP contribution in [0.1, 0.15) is 18.1 Å². The Morgan fingerprint density at radius 2 is 1.83 bits per heavy atom. The molecule has 2 aromatic rings. The number of carbonyl (C=O) groups is 1. The number of hydrazine groups is 1. The lowest BCUT2D eigenvalue weighted by atomic mass is 10.1. The third-order valence-electron chi connectivity index (χ3n) is 3.15. The molecule has 0 unspecified atom stereocenters. The standard InChI is InChI=1S/C18H20N4OS/c1-13(16-9-6-10-17(11-16)20-14(2)23)21-22-18(24)19-12-15-7-4-3-5-8-15/h3-11,21H,1,12H2,2H3,(H,20,23)(H2,19,22,24). The Labute approximate surface area is 147 Å².